The van der Waals surface area contributed by atoms with Gasteiger partial charge in [0.25, 0.3) is 11.5 Å². The largest absolute Gasteiger partial charge is 0.447 e. The van der Waals surface area contributed by atoms with Crippen LogP contribution in [0.3, 0.4) is 0 Å². The van der Waals surface area contributed by atoms with E-state index in [1.54, 1.807) is 24.3 Å². The van der Waals surface area contributed by atoms with Crippen molar-refractivity contribution in [2.45, 2.75) is 31.4 Å². The molecule has 8 heteroatoms. The van der Waals surface area contributed by atoms with Gasteiger partial charge in [0.1, 0.15) is 5.82 Å². The average Bonchev–Trinajstić information content (AvgIpc) is 3.53. The zero-order valence-corrected chi connectivity index (χ0v) is 15.4. The molecule has 1 saturated carbocycles. The Bertz CT molecular complexity index is 1120. The van der Waals surface area contributed by atoms with Crippen LogP contribution in [0.1, 0.15) is 30.2 Å². The summed E-state index contributed by atoms with van der Waals surface area (Å²) in [6, 6.07) is 12.1. The molecule has 1 unspecified atom stereocenters. The van der Waals surface area contributed by atoms with Gasteiger partial charge in [0.05, 0.1) is 17.5 Å². The number of hydrogen-bond acceptors (Lipinski definition) is 5. The Labute approximate surface area is 164 Å². The van der Waals surface area contributed by atoms with Crippen LogP contribution in [0.25, 0.3) is 10.8 Å². The molecule has 1 atom stereocenters. The maximum absolute atomic E-state index is 13.3. The van der Waals surface area contributed by atoms with Gasteiger partial charge < -0.3 is 10.1 Å². The fraction of sp³-hybridized carbons (Fsp3) is 0.238. The van der Waals surface area contributed by atoms with E-state index in [-0.39, 0.29) is 18.0 Å². The molecule has 29 heavy (non-hydrogen) atoms. The van der Waals surface area contributed by atoms with Crippen LogP contribution in [0.15, 0.2) is 53.3 Å². The van der Waals surface area contributed by atoms with Crippen LogP contribution in [-0.4, -0.2) is 28.1 Å². The van der Waals surface area contributed by atoms with E-state index in [9.17, 15) is 18.8 Å². The first kappa shape index (κ1) is 18.8. The minimum absolute atomic E-state index is 0.0777. The summed E-state index contributed by atoms with van der Waals surface area (Å²) in [5.74, 6) is -1.59. The number of amides is 1. The minimum Gasteiger partial charge on any atom is -0.447 e. The number of esters is 1. The molecule has 0 aliphatic heterocycles. The fourth-order valence-corrected chi connectivity index (χ4v) is 3.03. The van der Waals surface area contributed by atoms with E-state index in [4.69, 9.17) is 4.74 Å². The highest BCUT2D eigenvalue weighted by molar-refractivity contribution is 5.89. The highest BCUT2D eigenvalue weighted by atomic mass is 19.1. The molecule has 0 radical (unpaired) electrons. The average molecular weight is 395 g/mol. The third kappa shape index (κ3) is 4.31. The van der Waals surface area contributed by atoms with E-state index in [1.807, 2.05) is 0 Å². The number of fused-ring (bicyclic) bond motifs is 1. The molecular formula is C21H18FN3O4. The normalized spacial score (nSPS) is 14.4. The Balaban J connectivity index is 1.56. The lowest BCUT2D eigenvalue weighted by molar-refractivity contribution is -0.156. The van der Waals surface area contributed by atoms with Crippen molar-refractivity contribution in [2.75, 3.05) is 0 Å². The summed E-state index contributed by atoms with van der Waals surface area (Å²) >= 11 is 0. The molecule has 0 spiro atoms. The van der Waals surface area contributed by atoms with Crippen LogP contribution in [0, 0.1) is 5.82 Å². The maximum atomic E-state index is 13.3. The molecule has 1 heterocycles. The number of ether oxygens (including phenoxy) is 1. The molecule has 0 bridgehead atoms. The second-order valence-electron chi connectivity index (χ2n) is 6.93. The first-order valence-electron chi connectivity index (χ1n) is 9.23. The molecule has 7 nitrogen and oxygen atoms in total. The highest BCUT2D eigenvalue weighted by Crippen LogP contribution is 2.24. The molecule has 1 fully saturated rings. The monoisotopic (exact) mass is 395 g/mol. The Morgan fingerprint density at radius 1 is 1.14 bits per heavy atom. The molecule has 2 aromatic carbocycles. The van der Waals surface area contributed by atoms with E-state index in [0.717, 1.165) is 12.8 Å². The Morgan fingerprint density at radius 3 is 2.52 bits per heavy atom. The zero-order chi connectivity index (χ0) is 20.4. The quantitative estimate of drug-likeness (QED) is 0.623. The lowest BCUT2D eigenvalue weighted by Crippen LogP contribution is -2.34. The topological polar surface area (TPSA) is 101 Å². The molecule has 1 amide bonds. The number of nitrogens with zero attached hydrogens (tertiary/aromatic N) is 1. The zero-order valence-electron chi connectivity index (χ0n) is 15.4. The number of H-pyrrole nitrogens is 1. The van der Waals surface area contributed by atoms with E-state index in [0.29, 0.717) is 22.0 Å². The SMILES string of the molecule is O=C(Cc1n[nH]c(=O)c2ccccc12)OC(C(=O)NC1CC1)c1ccc(F)cc1. The summed E-state index contributed by atoms with van der Waals surface area (Å²) in [5, 5.41) is 10.1. The lowest BCUT2D eigenvalue weighted by atomic mass is 10.1. The van der Waals surface area contributed by atoms with E-state index < -0.39 is 23.8 Å². The minimum atomic E-state index is -1.20. The maximum Gasteiger partial charge on any atom is 0.313 e. The Kier molecular flexibility index (Phi) is 5.07. The van der Waals surface area contributed by atoms with Crippen molar-refractivity contribution in [2.24, 2.45) is 0 Å². The summed E-state index contributed by atoms with van der Waals surface area (Å²) in [5.41, 5.74) is 0.355. The van der Waals surface area contributed by atoms with Crippen molar-refractivity contribution in [1.82, 2.24) is 15.5 Å². The number of carbonyl (C=O) groups is 2. The van der Waals surface area contributed by atoms with Gasteiger partial charge in [0.15, 0.2) is 0 Å². The van der Waals surface area contributed by atoms with Gasteiger partial charge in [-0.2, -0.15) is 5.10 Å². The van der Waals surface area contributed by atoms with E-state index in [1.165, 1.54) is 24.3 Å². The van der Waals surface area contributed by atoms with Crippen LogP contribution in [0.5, 0.6) is 0 Å². The predicted molar refractivity (Wildman–Crippen MR) is 102 cm³/mol. The molecule has 3 aromatic rings. The number of carbonyl (C=O) groups excluding carboxylic acids is 2. The van der Waals surface area contributed by atoms with Gasteiger partial charge >= 0.3 is 5.97 Å². The molecule has 1 aliphatic carbocycles. The van der Waals surface area contributed by atoms with E-state index in [2.05, 4.69) is 15.5 Å². The van der Waals surface area contributed by atoms with Gasteiger partial charge in [-0.05, 0) is 31.0 Å². The number of aromatic nitrogens is 2. The summed E-state index contributed by atoms with van der Waals surface area (Å²) in [6.45, 7) is 0. The highest BCUT2D eigenvalue weighted by Gasteiger charge is 2.31. The molecular weight excluding hydrogens is 377 g/mol. The third-order valence-electron chi connectivity index (χ3n) is 4.67. The molecule has 1 aromatic heterocycles. The Morgan fingerprint density at radius 2 is 1.83 bits per heavy atom. The first-order valence-corrected chi connectivity index (χ1v) is 9.23. The second kappa shape index (κ2) is 7.83. The van der Waals surface area contributed by atoms with Crippen LogP contribution in [-0.2, 0) is 20.7 Å². The Hall–Kier alpha value is -3.55. The smallest absolute Gasteiger partial charge is 0.313 e. The first-order chi connectivity index (χ1) is 14.0. The summed E-state index contributed by atoms with van der Waals surface area (Å²) in [4.78, 5) is 37.1. The van der Waals surface area contributed by atoms with Crippen LogP contribution in [0.2, 0.25) is 0 Å². The van der Waals surface area contributed by atoms with E-state index >= 15 is 0 Å². The van der Waals surface area contributed by atoms with Crippen LogP contribution >= 0.6 is 0 Å². The van der Waals surface area contributed by atoms with Crippen molar-refractivity contribution >= 4 is 22.6 Å². The van der Waals surface area contributed by atoms with Gasteiger partial charge in [-0.15, -0.1) is 0 Å². The number of aromatic amines is 1. The van der Waals surface area contributed by atoms with Gasteiger partial charge in [0, 0.05) is 17.0 Å². The summed E-state index contributed by atoms with van der Waals surface area (Å²) in [7, 11) is 0. The van der Waals surface area contributed by atoms with Gasteiger partial charge in [-0.1, -0.05) is 30.3 Å². The molecule has 0 saturated heterocycles. The number of rotatable bonds is 6. The molecule has 148 valence electrons. The van der Waals surface area contributed by atoms with Crippen molar-refractivity contribution in [3.63, 3.8) is 0 Å². The molecule has 1 aliphatic rings. The van der Waals surface area contributed by atoms with Gasteiger partial charge in [-0.25, -0.2) is 9.49 Å². The number of halogens is 1. The van der Waals surface area contributed by atoms with Crippen molar-refractivity contribution in [3.05, 3.63) is 76.0 Å². The lowest BCUT2D eigenvalue weighted by Gasteiger charge is -2.18. The van der Waals surface area contributed by atoms with Crippen molar-refractivity contribution < 1.29 is 18.7 Å². The summed E-state index contributed by atoms with van der Waals surface area (Å²) in [6.07, 6.45) is 0.329. The number of nitrogens with one attached hydrogen (secondary N) is 2. The second-order valence-corrected chi connectivity index (χ2v) is 6.93. The van der Waals surface area contributed by atoms with Crippen LogP contribution in [0.4, 0.5) is 4.39 Å². The van der Waals surface area contributed by atoms with Crippen LogP contribution < -0.4 is 10.9 Å². The standard InChI is InChI=1S/C21H18FN3O4/c22-13-7-5-12(6-8-13)19(21(28)23-14-9-10-14)29-18(26)11-17-15-3-1-2-4-16(15)20(27)25-24-17/h1-8,14,19H,9-11H2,(H,23,28)(H,25,27). The predicted octanol–water partition coefficient (Wildman–Crippen LogP) is 2.17. The number of benzene rings is 2. The van der Waals surface area contributed by atoms with Crippen molar-refractivity contribution in [1.29, 1.82) is 0 Å². The molecule has 2 N–H and O–H groups in total. The number of hydrogen-bond donors (Lipinski definition) is 2. The van der Waals surface area contributed by atoms with Crippen molar-refractivity contribution in [3.8, 4) is 0 Å². The molecule has 4 rings (SSSR count). The third-order valence-corrected chi connectivity index (χ3v) is 4.67. The fourth-order valence-electron chi connectivity index (χ4n) is 3.03. The van der Waals surface area contributed by atoms with Gasteiger partial charge in [-0.3, -0.25) is 14.4 Å². The van der Waals surface area contributed by atoms with Gasteiger partial charge in [0.2, 0.25) is 6.10 Å². The summed E-state index contributed by atoms with van der Waals surface area (Å²) < 4.78 is 18.7.